The van der Waals surface area contributed by atoms with Crippen LogP contribution in [-0.2, 0) is 0 Å². The Morgan fingerprint density at radius 1 is 0.565 bits per heavy atom. The summed E-state index contributed by atoms with van der Waals surface area (Å²) in [5.41, 5.74) is 7.77. The van der Waals surface area contributed by atoms with Crippen LogP contribution >= 0.6 is 11.3 Å². The lowest BCUT2D eigenvalue weighted by Crippen LogP contribution is -2.16. The number of rotatable bonds is 2. The summed E-state index contributed by atoms with van der Waals surface area (Å²) < 4.78 is 4.90. The van der Waals surface area contributed by atoms with E-state index >= 15 is 0 Å². The lowest BCUT2D eigenvalue weighted by molar-refractivity contribution is 1.02. The van der Waals surface area contributed by atoms with Crippen LogP contribution in [0.3, 0.4) is 0 Å². The van der Waals surface area contributed by atoms with Gasteiger partial charge in [-0.3, -0.25) is 4.57 Å². The molecule has 0 aliphatic heterocycles. The van der Waals surface area contributed by atoms with Crippen LogP contribution in [0.1, 0.15) is 0 Å². The molecule has 3 aromatic heterocycles. The van der Waals surface area contributed by atoms with Gasteiger partial charge >= 0.3 is 0 Å². The van der Waals surface area contributed by atoms with Gasteiger partial charge in [0, 0.05) is 31.6 Å². The molecule has 0 saturated heterocycles. The molecule has 0 N–H and O–H groups in total. The molecule has 0 aliphatic rings. The Kier molecular flexibility index (Phi) is 5.35. The molecule has 0 spiro atoms. The SMILES string of the molecule is Bc1ccc(-c2nc(-n3c4ccc5ccccc5c4c4c5ccccc5c5c6ccccc6sc5c43)nc3ccccc23)c(B)c1. The number of fused-ring (bicyclic) bond motifs is 13. The summed E-state index contributed by atoms with van der Waals surface area (Å²) in [5, 5.41) is 11.1. The average molecular weight is 601 g/mol. The van der Waals surface area contributed by atoms with E-state index in [9.17, 15) is 0 Å². The predicted octanol–water partition coefficient (Wildman–Crippen LogP) is 7.59. The van der Waals surface area contributed by atoms with Crippen molar-refractivity contribution in [1.82, 2.24) is 14.5 Å². The molecule has 0 atom stereocenters. The van der Waals surface area contributed by atoms with Crippen molar-refractivity contribution < 1.29 is 0 Å². The lowest BCUT2D eigenvalue weighted by Gasteiger charge is -2.14. The van der Waals surface area contributed by atoms with Crippen LogP contribution in [-0.4, -0.2) is 30.2 Å². The van der Waals surface area contributed by atoms with E-state index in [1.165, 1.54) is 68.9 Å². The maximum absolute atomic E-state index is 5.48. The van der Waals surface area contributed by atoms with Gasteiger partial charge in [-0.25, -0.2) is 9.97 Å². The van der Waals surface area contributed by atoms with Crippen molar-refractivity contribution >= 4 is 112 Å². The van der Waals surface area contributed by atoms with Crippen LogP contribution in [0.4, 0.5) is 0 Å². The van der Waals surface area contributed by atoms with Crippen LogP contribution in [0.15, 0.2) is 127 Å². The standard InChI is InChI=1S/C40H25B2N3S/c41-23-18-19-27(30(42)21-23)37-28-13-5-7-15-31(28)43-40(44-37)45-32-20-17-22-9-1-2-10-24(22)35(32)36-26-12-4-3-11-25(26)34-29-14-6-8-16-33(29)46-39(34)38(36)45/h1-21H,41-42H2. The van der Waals surface area contributed by atoms with E-state index in [2.05, 4.69) is 148 Å². The van der Waals surface area contributed by atoms with Gasteiger partial charge in [-0.05, 0) is 45.3 Å². The third-order valence-electron chi connectivity index (χ3n) is 9.56. The second-order valence-electron chi connectivity index (χ2n) is 12.3. The average Bonchev–Trinajstić information content (AvgIpc) is 3.65. The summed E-state index contributed by atoms with van der Waals surface area (Å²) in [6.07, 6.45) is 0. The van der Waals surface area contributed by atoms with Gasteiger partial charge in [-0.2, -0.15) is 0 Å². The van der Waals surface area contributed by atoms with Crippen LogP contribution in [0.2, 0.25) is 0 Å². The Morgan fingerprint density at radius 2 is 1.26 bits per heavy atom. The highest BCUT2D eigenvalue weighted by atomic mass is 32.1. The van der Waals surface area contributed by atoms with E-state index in [4.69, 9.17) is 9.97 Å². The molecule has 212 valence electrons. The summed E-state index contributed by atoms with van der Waals surface area (Å²) in [4.78, 5) is 10.8. The Morgan fingerprint density at radius 3 is 2.09 bits per heavy atom. The predicted molar refractivity (Wildman–Crippen MR) is 204 cm³/mol. The van der Waals surface area contributed by atoms with Crippen LogP contribution < -0.4 is 10.9 Å². The van der Waals surface area contributed by atoms with Gasteiger partial charge < -0.3 is 0 Å². The van der Waals surface area contributed by atoms with Gasteiger partial charge in [0.05, 0.1) is 26.9 Å². The fourth-order valence-electron chi connectivity index (χ4n) is 7.59. The van der Waals surface area contributed by atoms with Gasteiger partial charge in [0.25, 0.3) is 0 Å². The monoisotopic (exact) mass is 601 g/mol. The Labute approximate surface area is 270 Å². The first-order valence-corrected chi connectivity index (χ1v) is 16.5. The molecule has 6 heteroatoms. The minimum absolute atomic E-state index is 0.693. The largest absolute Gasteiger partial charge is 0.276 e. The van der Waals surface area contributed by atoms with Crippen molar-refractivity contribution in [1.29, 1.82) is 0 Å². The molecule has 0 amide bonds. The molecule has 3 nitrogen and oxygen atoms in total. The first-order chi connectivity index (χ1) is 22.7. The normalized spacial score (nSPS) is 12.1. The molecule has 10 rings (SSSR count). The number of hydrogen-bond acceptors (Lipinski definition) is 3. The minimum Gasteiger partial charge on any atom is -0.276 e. The van der Waals surface area contributed by atoms with Gasteiger partial charge in [-0.1, -0.05) is 120 Å². The number of nitrogens with zero attached hydrogens (tertiary/aromatic N) is 3. The van der Waals surface area contributed by atoms with Crippen LogP contribution in [0.5, 0.6) is 0 Å². The van der Waals surface area contributed by atoms with Gasteiger partial charge in [0.1, 0.15) is 15.7 Å². The maximum atomic E-state index is 5.48. The molecule has 0 fully saturated rings. The van der Waals surface area contributed by atoms with Crippen molar-refractivity contribution in [3.63, 3.8) is 0 Å². The van der Waals surface area contributed by atoms with Crippen molar-refractivity contribution in [2.24, 2.45) is 0 Å². The van der Waals surface area contributed by atoms with Crippen molar-refractivity contribution in [3.05, 3.63) is 127 Å². The van der Waals surface area contributed by atoms with Crippen molar-refractivity contribution in [2.45, 2.75) is 0 Å². The van der Waals surface area contributed by atoms with E-state index in [1.807, 2.05) is 11.3 Å². The molecule has 7 aromatic carbocycles. The zero-order valence-corrected chi connectivity index (χ0v) is 26.2. The smallest absolute Gasteiger partial charge is 0.235 e. The van der Waals surface area contributed by atoms with E-state index in [0.717, 1.165) is 27.7 Å². The molecule has 0 bridgehead atoms. The molecule has 3 heterocycles. The summed E-state index contributed by atoms with van der Waals surface area (Å²) in [6, 6.07) is 46.0. The quantitative estimate of drug-likeness (QED) is 0.191. The lowest BCUT2D eigenvalue weighted by atomic mass is 9.82. The third-order valence-corrected chi connectivity index (χ3v) is 10.7. The summed E-state index contributed by atoms with van der Waals surface area (Å²) >= 11 is 1.87. The fraction of sp³-hybridized carbons (Fsp3) is 0. The van der Waals surface area contributed by atoms with Gasteiger partial charge in [0.15, 0.2) is 0 Å². The Bertz CT molecular complexity index is 2900. The Balaban J connectivity index is 1.48. The van der Waals surface area contributed by atoms with E-state index in [1.54, 1.807) is 0 Å². The number of thiophene rings is 1. The fourth-order valence-corrected chi connectivity index (χ4v) is 8.85. The summed E-state index contributed by atoms with van der Waals surface area (Å²) in [5.74, 6) is 0.693. The topological polar surface area (TPSA) is 30.7 Å². The van der Waals surface area contributed by atoms with Crippen LogP contribution in [0, 0.1) is 0 Å². The maximum Gasteiger partial charge on any atom is 0.235 e. The molecule has 10 aromatic rings. The highest BCUT2D eigenvalue weighted by molar-refractivity contribution is 7.27. The van der Waals surface area contributed by atoms with E-state index in [0.29, 0.717) is 5.95 Å². The van der Waals surface area contributed by atoms with E-state index in [-0.39, 0.29) is 0 Å². The van der Waals surface area contributed by atoms with Crippen LogP contribution in [0.25, 0.3) is 91.6 Å². The highest BCUT2D eigenvalue weighted by Crippen LogP contribution is 2.49. The minimum atomic E-state index is 0.693. The number of hydrogen-bond donors (Lipinski definition) is 0. The molecule has 46 heavy (non-hydrogen) atoms. The number of benzene rings is 7. The van der Waals surface area contributed by atoms with Gasteiger partial charge in [0.2, 0.25) is 5.95 Å². The Hall–Kier alpha value is -5.45. The third kappa shape index (κ3) is 3.50. The second-order valence-corrected chi connectivity index (χ2v) is 13.3. The number of para-hydroxylation sites is 1. The number of aromatic nitrogens is 3. The van der Waals surface area contributed by atoms with Crippen molar-refractivity contribution in [3.8, 4) is 17.2 Å². The zero-order chi connectivity index (χ0) is 30.5. The molecular formula is C40H25B2N3S. The van der Waals surface area contributed by atoms with Gasteiger partial charge in [-0.15, -0.1) is 11.3 Å². The molecule has 0 unspecified atom stereocenters. The first-order valence-electron chi connectivity index (χ1n) is 15.7. The molecule has 0 saturated carbocycles. The molecular weight excluding hydrogens is 576 g/mol. The van der Waals surface area contributed by atoms with Crippen molar-refractivity contribution in [2.75, 3.05) is 0 Å². The summed E-state index contributed by atoms with van der Waals surface area (Å²) in [6.45, 7) is 0. The molecule has 0 aliphatic carbocycles. The highest BCUT2D eigenvalue weighted by Gasteiger charge is 2.25. The second kappa shape index (κ2) is 9.53. The zero-order valence-electron chi connectivity index (χ0n) is 25.4. The summed E-state index contributed by atoms with van der Waals surface area (Å²) in [7, 11) is 4.32. The van der Waals surface area contributed by atoms with E-state index < -0.39 is 0 Å². The first kappa shape index (κ1) is 25.8. The molecule has 0 radical (unpaired) electrons.